The molecule has 1 aromatic rings. The quantitative estimate of drug-likeness (QED) is 0.262. The Balaban J connectivity index is 1.28. The molecule has 8 atom stereocenters. The molecule has 280 valence electrons. The Morgan fingerprint density at radius 3 is 2.22 bits per heavy atom. The number of carboxylic acids is 1. The fraction of sp³-hybridized carbons (Fsp3) is 0.721. The van der Waals surface area contributed by atoms with Gasteiger partial charge in [0.2, 0.25) is 5.91 Å². The number of benzene rings is 1. The molecular weight excluding hydrogens is 645 g/mol. The number of carbonyl (C=O) groups is 4. The van der Waals surface area contributed by atoms with Crippen molar-refractivity contribution in [2.45, 2.75) is 145 Å². The van der Waals surface area contributed by atoms with E-state index in [2.05, 4.69) is 53.8 Å². The van der Waals surface area contributed by atoms with Gasteiger partial charge >= 0.3 is 11.9 Å². The van der Waals surface area contributed by atoms with Crippen molar-refractivity contribution in [2.75, 3.05) is 0 Å². The van der Waals surface area contributed by atoms with Gasteiger partial charge in [0.15, 0.2) is 5.78 Å². The predicted octanol–water partition coefficient (Wildman–Crippen LogP) is 8.63. The molecule has 0 aliphatic heterocycles. The number of fused-ring (bicyclic) bond motifs is 7. The number of hydrogen-bond donors (Lipinski definition) is 2. The molecule has 0 spiro atoms. The Hall–Kier alpha value is -3.03. The smallest absolute Gasteiger partial charge is 0.309 e. The number of ketones is 1. The Morgan fingerprint density at radius 2 is 1.59 bits per heavy atom. The zero-order chi connectivity index (χ0) is 37.5. The summed E-state index contributed by atoms with van der Waals surface area (Å²) in [6.45, 7) is 19.3. The van der Waals surface area contributed by atoms with Gasteiger partial charge in [-0.15, -0.1) is 0 Å². The van der Waals surface area contributed by atoms with Gasteiger partial charge in [0.05, 0.1) is 23.8 Å². The van der Waals surface area contributed by atoms with Gasteiger partial charge in [-0.3, -0.25) is 19.2 Å². The van der Waals surface area contributed by atoms with E-state index in [0.717, 1.165) is 62.5 Å². The molecule has 51 heavy (non-hydrogen) atoms. The molecule has 7 nitrogen and oxygen atoms in total. The Labute approximate surface area is 303 Å². The van der Waals surface area contributed by atoms with Crippen molar-refractivity contribution in [3.05, 3.63) is 46.8 Å². The number of Topliss-reactive ketones (excluding diaryl/α,β-unsaturated/α-hetero) is 1. The Morgan fingerprint density at radius 1 is 0.922 bits per heavy atom. The highest BCUT2D eigenvalue weighted by Gasteiger charge is 2.70. The molecular formula is C43H60FNO6. The van der Waals surface area contributed by atoms with Gasteiger partial charge in [0, 0.05) is 11.8 Å². The predicted molar refractivity (Wildman–Crippen MR) is 194 cm³/mol. The molecule has 6 rings (SSSR count). The number of ether oxygens (including phenoxy) is 1. The first-order valence-electron chi connectivity index (χ1n) is 19.4. The summed E-state index contributed by atoms with van der Waals surface area (Å²) in [5.74, 6) is -0.696. The first kappa shape index (κ1) is 37.7. The summed E-state index contributed by atoms with van der Waals surface area (Å²) in [4.78, 5) is 52.4. The number of hydrogen-bond acceptors (Lipinski definition) is 5. The molecule has 8 heteroatoms. The lowest BCUT2D eigenvalue weighted by molar-refractivity contribution is -0.232. The van der Waals surface area contributed by atoms with Crippen LogP contribution in [0.4, 0.5) is 4.39 Å². The van der Waals surface area contributed by atoms with Gasteiger partial charge in [-0.25, -0.2) is 4.39 Å². The van der Waals surface area contributed by atoms with Crippen LogP contribution in [-0.4, -0.2) is 40.4 Å². The number of rotatable bonds is 8. The largest absolute Gasteiger partial charge is 0.481 e. The molecule has 1 amide bonds. The highest BCUT2D eigenvalue weighted by atomic mass is 19.1. The van der Waals surface area contributed by atoms with Crippen LogP contribution in [0, 0.1) is 56.6 Å². The minimum Gasteiger partial charge on any atom is -0.481 e. The zero-order valence-electron chi connectivity index (χ0n) is 32.3. The summed E-state index contributed by atoms with van der Waals surface area (Å²) in [5, 5.41) is 13.0. The van der Waals surface area contributed by atoms with Crippen molar-refractivity contribution < 1.29 is 33.4 Å². The lowest BCUT2D eigenvalue weighted by Gasteiger charge is -2.72. The minimum atomic E-state index is -1.18. The fourth-order valence-corrected chi connectivity index (χ4v) is 12.7. The van der Waals surface area contributed by atoms with Crippen LogP contribution in [0.15, 0.2) is 35.4 Å². The normalized spacial score (nSPS) is 37.2. The number of amides is 1. The third kappa shape index (κ3) is 5.89. The molecule has 0 heterocycles. The van der Waals surface area contributed by atoms with E-state index in [1.165, 1.54) is 17.7 Å². The second-order valence-electron chi connectivity index (χ2n) is 19.3. The average Bonchev–Trinajstić information content (AvgIpc) is 3.31. The van der Waals surface area contributed by atoms with Crippen LogP contribution in [-0.2, 0) is 30.3 Å². The maximum atomic E-state index is 13.9. The van der Waals surface area contributed by atoms with Crippen LogP contribution >= 0.6 is 0 Å². The van der Waals surface area contributed by atoms with Crippen LogP contribution in [0.5, 0.6) is 0 Å². The summed E-state index contributed by atoms with van der Waals surface area (Å²) < 4.78 is 19.7. The minimum absolute atomic E-state index is 0.0112. The van der Waals surface area contributed by atoms with E-state index in [1.807, 2.05) is 0 Å². The van der Waals surface area contributed by atoms with Gasteiger partial charge in [-0.2, -0.15) is 0 Å². The van der Waals surface area contributed by atoms with E-state index in [-0.39, 0.29) is 69.9 Å². The highest BCUT2D eigenvalue weighted by Crippen LogP contribution is 2.76. The van der Waals surface area contributed by atoms with E-state index in [1.54, 1.807) is 26.0 Å². The number of esters is 1. The molecule has 0 radical (unpaired) electrons. The molecule has 1 aromatic carbocycles. The van der Waals surface area contributed by atoms with Crippen molar-refractivity contribution in [1.29, 1.82) is 0 Å². The van der Waals surface area contributed by atoms with E-state index >= 15 is 0 Å². The summed E-state index contributed by atoms with van der Waals surface area (Å²) in [6.07, 6.45) is 7.47. The number of allylic oxidation sites excluding steroid dienone is 1. The number of carbonyl (C=O) groups excluding carboxylic acids is 3. The Kier molecular flexibility index (Phi) is 9.27. The summed E-state index contributed by atoms with van der Waals surface area (Å²) >= 11 is 0. The SMILES string of the molecule is CC(C)C1=C2[C@H]3CC[C@@H]4[C@@]5(C)CC[C@H](OC(=O)CC(C)(C)C(=O)O)C(C)(C)[C@@H]5CC[C@@]4(C)[C@]3(C)CC[C@@]2(NC(=O)Cc2ccc(F)cc2)CC1=O. The maximum Gasteiger partial charge on any atom is 0.309 e. The second kappa shape index (κ2) is 12.5. The number of carboxylic acid groups (broad SMARTS) is 1. The molecule has 5 aliphatic rings. The van der Waals surface area contributed by atoms with E-state index in [0.29, 0.717) is 18.3 Å². The lowest BCUT2D eigenvalue weighted by Crippen LogP contribution is -2.67. The van der Waals surface area contributed by atoms with Crippen LogP contribution in [0.2, 0.25) is 0 Å². The molecule has 0 saturated heterocycles. The van der Waals surface area contributed by atoms with Crippen molar-refractivity contribution in [3.8, 4) is 0 Å². The molecule has 4 fully saturated rings. The van der Waals surface area contributed by atoms with Crippen molar-refractivity contribution >= 4 is 23.6 Å². The van der Waals surface area contributed by atoms with Crippen molar-refractivity contribution in [3.63, 3.8) is 0 Å². The monoisotopic (exact) mass is 705 g/mol. The molecule has 0 bridgehead atoms. The standard InChI is InChI=1S/C43H60FNO6/c1-25(2)35-29(46)23-43(45-33(47)22-26-10-12-27(44)13-11-26)21-20-41(8)28(36(35)43)14-15-31-40(7)18-17-32(51-34(48)24-38(3,4)37(49)50)39(5,6)30(40)16-19-42(31,41)9/h10-13,25,28,30-32H,14-24H2,1-9H3,(H,45,47)(H,49,50)/t28-,30+,31-,32+,40+,41-,42-,43-/m1/s1. The number of halogens is 1. The van der Waals surface area contributed by atoms with E-state index < -0.39 is 22.9 Å². The summed E-state index contributed by atoms with van der Waals surface area (Å²) in [6, 6.07) is 6.06. The molecule has 5 aliphatic carbocycles. The zero-order valence-corrected chi connectivity index (χ0v) is 32.3. The first-order valence-corrected chi connectivity index (χ1v) is 19.4. The maximum absolute atomic E-state index is 13.9. The van der Waals surface area contributed by atoms with Crippen LogP contribution in [0.25, 0.3) is 0 Å². The molecule has 0 aromatic heterocycles. The fourth-order valence-electron chi connectivity index (χ4n) is 12.7. The van der Waals surface area contributed by atoms with Gasteiger partial charge in [-0.1, -0.05) is 60.6 Å². The average molecular weight is 706 g/mol. The third-order valence-electron chi connectivity index (χ3n) is 15.5. The Bertz CT molecular complexity index is 1640. The third-order valence-corrected chi connectivity index (χ3v) is 15.5. The van der Waals surface area contributed by atoms with Gasteiger partial charge in [-0.05, 0) is 134 Å². The molecule has 0 unspecified atom stereocenters. The van der Waals surface area contributed by atoms with Crippen LogP contribution in [0.3, 0.4) is 0 Å². The van der Waals surface area contributed by atoms with Gasteiger partial charge in [0.25, 0.3) is 0 Å². The molecule has 4 saturated carbocycles. The van der Waals surface area contributed by atoms with Gasteiger partial charge in [0.1, 0.15) is 11.9 Å². The van der Waals surface area contributed by atoms with Crippen molar-refractivity contribution in [1.82, 2.24) is 5.32 Å². The summed E-state index contributed by atoms with van der Waals surface area (Å²) in [5.41, 5.74) is 0.718. The lowest BCUT2D eigenvalue weighted by atomic mass is 9.33. The number of nitrogens with one attached hydrogen (secondary N) is 1. The van der Waals surface area contributed by atoms with Crippen LogP contribution in [0.1, 0.15) is 132 Å². The summed E-state index contributed by atoms with van der Waals surface area (Å²) in [7, 11) is 0. The molecule has 2 N–H and O–H groups in total. The van der Waals surface area contributed by atoms with E-state index in [4.69, 9.17) is 4.74 Å². The van der Waals surface area contributed by atoms with E-state index in [9.17, 15) is 28.7 Å². The second-order valence-corrected chi connectivity index (χ2v) is 19.3. The first-order chi connectivity index (χ1) is 23.6. The topological polar surface area (TPSA) is 110 Å². The van der Waals surface area contributed by atoms with Crippen molar-refractivity contribution in [2.24, 2.45) is 50.7 Å². The number of aliphatic carboxylic acids is 1. The van der Waals surface area contributed by atoms with Crippen LogP contribution < -0.4 is 5.32 Å². The van der Waals surface area contributed by atoms with Gasteiger partial charge < -0.3 is 15.2 Å². The highest BCUT2D eigenvalue weighted by molar-refractivity contribution is 6.02.